The maximum absolute atomic E-state index is 12.1. The molecule has 0 amide bonds. The summed E-state index contributed by atoms with van der Waals surface area (Å²) in [5.74, 6) is 0. The fraction of sp³-hybridized carbons (Fsp3) is 0.0909. The van der Waals surface area contributed by atoms with E-state index in [-0.39, 0.29) is 17.1 Å². The fourth-order valence-electron chi connectivity index (χ4n) is 1.41. The molecule has 0 aliphatic carbocycles. The van der Waals surface area contributed by atoms with Crippen LogP contribution in [0, 0.1) is 0 Å². The maximum Gasteiger partial charge on any atom is 0.242 e. The number of benzene rings is 1. The van der Waals surface area contributed by atoms with Gasteiger partial charge >= 0.3 is 0 Å². The highest BCUT2D eigenvalue weighted by Crippen LogP contribution is 2.23. The number of sulfonamides is 1. The van der Waals surface area contributed by atoms with Crippen molar-refractivity contribution in [2.75, 3.05) is 5.73 Å². The van der Waals surface area contributed by atoms with Crippen LogP contribution in [0.1, 0.15) is 4.88 Å². The molecule has 1 aromatic carbocycles. The van der Waals surface area contributed by atoms with Crippen molar-refractivity contribution >= 4 is 43.0 Å². The van der Waals surface area contributed by atoms with E-state index in [1.54, 1.807) is 18.2 Å². The highest BCUT2D eigenvalue weighted by molar-refractivity contribution is 9.10. The Balaban J connectivity index is 2.19. The SMILES string of the molecule is Nc1ccccc1S(=O)(=O)NCc1sccc1Br. The average molecular weight is 347 g/mol. The predicted molar refractivity (Wildman–Crippen MR) is 76.9 cm³/mol. The quantitative estimate of drug-likeness (QED) is 0.835. The molecule has 4 nitrogen and oxygen atoms in total. The molecule has 0 bridgehead atoms. The number of halogens is 1. The molecule has 0 spiro atoms. The van der Waals surface area contributed by atoms with Crippen molar-refractivity contribution in [3.05, 3.63) is 45.1 Å². The second kappa shape index (κ2) is 5.40. The van der Waals surface area contributed by atoms with E-state index < -0.39 is 10.0 Å². The van der Waals surface area contributed by atoms with Gasteiger partial charge in [-0.25, -0.2) is 13.1 Å². The van der Waals surface area contributed by atoms with Crippen molar-refractivity contribution in [1.82, 2.24) is 4.72 Å². The van der Waals surface area contributed by atoms with Gasteiger partial charge in [-0.15, -0.1) is 11.3 Å². The van der Waals surface area contributed by atoms with Crippen LogP contribution in [0.2, 0.25) is 0 Å². The number of hydrogen-bond donors (Lipinski definition) is 2. The number of thiophene rings is 1. The molecule has 1 aromatic heterocycles. The van der Waals surface area contributed by atoms with Gasteiger partial charge in [0, 0.05) is 15.9 Å². The van der Waals surface area contributed by atoms with Gasteiger partial charge in [-0.05, 0) is 39.5 Å². The first-order valence-electron chi connectivity index (χ1n) is 5.07. The Hall–Kier alpha value is -0.890. The van der Waals surface area contributed by atoms with E-state index in [1.165, 1.54) is 17.4 Å². The number of nitrogens with one attached hydrogen (secondary N) is 1. The van der Waals surface area contributed by atoms with Crippen molar-refractivity contribution in [2.24, 2.45) is 0 Å². The van der Waals surface area contributed by atoms with E-state index in [4.69, 9.17) is 5.73 Å². The van der Waals surface area contributed by atoms with E-state index >= 15 is 0 Å². The van der Waals surface area contributed by atoms with Gasteiger partial charge in [0.2, 0.25) is 10.0 Å². The number of para-hydroxylation sites is 1. The minimum absolute atomic E-state index is 0.109. The summed E-state index contributed by atoms with van der Waals surface area (Å²) < 4.78 is 27.5. The normalized spacial score (nSPS) is 11.6. The zero-order valence-electron chi connectivity index (χ0n) is 9.26. The lowest BCUT2D eigenvalue weighted by molar-refractivity contribution is 0.582. The first-order chi connectivity index (χ1) is 8.50. The van der Waals surface area contributed by atoms with Crippen LogP contribution in [0.5, 0.6) is 0 Å². The zero-order valence-corrected chi connectivity index (χ0v) is 12.5. The van der Waals surface area contributed by atoms with Crippen LogP contribution in [0.25, 0.3) is 0 Å². The van der Waals surface area contributed by atoms with Crippen LogP contribution in [0.3, 0.4) is 0 Å². The molecule has 0 fully saturated rings. The zero-order chi connectivity index (χ0) is 13.2. The molecule has 1 heterocycles. The summed E-state index contributed by atoms with van der Waals surface area (Å²) >= 11 is 4.84. The van der Waals surface area contributed by atoms with Crippen molar-refractivity contribution in [2.45, 2.75) is 11.4 Å². The van der Waals surface area contributed by atoms with Gasteiger partial charge in [0.1, 0.15) is 4.90 Å². The van der Waals surface area contributed by atoms with Crippen molar-refractivity contribution in [1.29, 1.82) is 0 Å². The largest absolute Gasteiger partial charge is 0.398 e. The first kappa shape index (κ1) is 13.5. The van der Waals surface area contributed by atoms with Gasteiger partial charge in [0.15, 0.2) is 0 Å². The van der Waals surface area contributed by atoms with E-state index in [1.807, 2.05) is 11.4 Å². The van der Waals surface area contributed by atoms with Gasteiger partial charge in [0.05, 0.1) is 5.69 Å². The Morgan fingerprint density at radius 3 is 2.61 bits per heavy atom. The number of nitrogens with two attached hydrogens (primary N) is 1. The topological polar surface area (TPSA) is 72.2 Å². The third-order valence-corrected chi connectivity index (χ3v) is 5.72. The molecular weight excluding hydrogens is 336 g/mol. The van der Waals surface area contributed by atoms with Crippen LogP contribution in [-0.4, -0.2) is 8.42 Å². The van der Waals surface area contributed by atoms with Crippen molar-refractivity contribution in [3.63, 3.8) is 0 Å². The Labute approximate surface area is 118 Å². The van der Waals surface area contributed by atoms with Gasteiger partial charge in [-0.3, -0.25) is 0 Å². The average Bonchev–Trinajstić information content (AvgIpc) is 2.73. The van der Waals surface area contributed by atoms with Gasteiger partial charge in [0.25, 0.3) is 0 Å². The molecule has 0 atom stereocenters. The second-order valence-electron chi connectivity index (χ2n) is 3.55. The summed E-state index contributed by atoms with van der Waals surface area (Å²) in [5.41, 5.74) is 5.91. The maximum atomic E-state index is 12.1. The number of anilines is 1. The van der Waals surface area contributed by atoms with Crippen LogP contribution >= 0.6 is 27.3 Å². The van der Waals surface area contributed by atoms with E-state index in [0.717, 1.165) is 9.35 Å². The number of hydrogen-bond acceptors (Lipinski definition) is 4. The molecule has 0 saturated carbocycles. The number of rotatable bonds is 4. The predicted octanol–water partition coefficient (Wildman–Crippen LogP) is 2.57. The van der Waals surface area contributed by atoms with Gasteiger partial charge in [-0.2, -0.15) is 0 Å². The second-order valence-corrected chi connectivity index (χ2v) is 7.14. The lowest BCUT2D eigenvalue weighted by Crippen LogP contribution is -2.23. The third kappa shape index (κ3) is 2.92. The summed E-state index contributed by atoms with van der Waals surface area (Å²) in [6, 6.07) is 8.28. The lowest BCUT2D eigenvalue weighted by Gasteiger charge is -2.08. The molecular formula is C11H11BrN2O2S2. The molecule has 0 aliphatic rings. The van der Waals surface area contributed by atoms with Gasteiger partial charge < -0.3 is 5.73 Å². The lowest BCUT2D eigenvalue weighted by atomic mass is 10.3. The van der Waals surface area contributed by atoms with Gasteiger partial charge in [-0.1, -0.05) is 12.1 Å². The molecule has 7 heteroatoms. The molecule has 0 saturated heterocycles. The van der Waals surface area contributed by atoms with Crippen LogP contribution in [-0.2, 0) is 16.6 Å². The third-order valence-electron chi connectivity index (χ3n) is 2.32. The molecule has 2 rings (SSSR count). The Kier molecular flexibility index (Phi) is 4.06. The highest BCUT2D eigenvalue weighted by atomic mass is 79.9. The Morgan fingerprint density at radius 2 is 2.00 bits per heavy atom. The summed E-state index contributed by atoms with van der Waals surface area (Å²) in [6.07, 6.45) is 0. The standard InChI is InChI=1S/C11H11BrN2O2S2/c12-8-5-6-17-10(8)7-14-18(15,16)11-4-2-1-3-9(11)13/h1-6,14H,7,13H2. The van der Waals surface area contributed by atoms with Crippen molar-refractivity contribution < 1.29 is 8.42 Å². The molecule has 96 valence electrons. The van der Waals surface area contributed by atoms with E-state index in [9.17, 15) is 8.42 Å². The summed E-state index contributed by atoms with van der Waals surface area (Å²) in [6.45, 7) is 0.245. The molecule has 0 aliphatic heterocycles. The molecule has 2 aromatic rings. The molecule has 3 N–H and O–H groups in total. The fourth-order valence-corrected chi connectivity index (χ4v) is 4.06. The van der Waals surface area contributed by atoms with E-state index in [2.05, 4.69) is 20.7 Å². The van der Waals surface area contributed by atoms with Crippen molar-refractivity contribution in [3.8, 4) is 0 Å². The summed E-state index contributed by atoms with van der Waals surface area (Å²) in [5, 5.41) is 1.89. The monoisotopic (exact) mass is 346 g/mol. The van der Waals surface area contributed by atoms with Crippen LogP contribution in [0.15, 0.2) is 45.1 Å². The molecule has 18 heavy (non-hydrogen) atoms. The first-order valence-corrected chi connectivity index (χ1v) is 8.22. The van der Waals surface area contributed by atoms with Crippen LogP contribution in [0.4, 0.5) is 5.69 Å². The smallest absolute Gasteiger partial charge is 0.242 e. The summed E-state index contributed by atoms with van der Waals surface area (Å²) in [4.78, 5) is 1.03. The van der Waals surface area contributed by atoms with E-state index in [0.29, 0.717) is 0 Å². The molecule has 0 radical (unpaired) electrons. The Morgan fingerprint density at radius 1 is 1.28 bits per heavy atom. The Bertz CT molecular complexity index is 653. The summed E-state index contributed by atoms with van der Waals surface area (Å²) in [7, 11) is -3.57. The minimum atomic E-state index is -3.57. The minimum Gasteiger partial charge on any atom is -0.398 e. The number of nitrogen functional groups attached to an aromatic ring is 1. The van der Waals surface area contributed by atoms with Crippen LogP contribution < -0.4 is 10.5 Å². The highest BCUT2D eigenvalue weighted by Gasteiger charge is 2.17. The molecule has 0 unspecified atom stereocenters.